The number of hydrogen-bond acceptors (Lipinski definition) is 4. The normalized spacial score (nSPS) is 11.8. The predicted octanol–water partition coefficient (Wildman–Crippen LogP) is 2.49. The molecule has 1 rings (SSSR count). The molecule has 0 atom stereocenters. The van der Waals surface area contributed by atoms with Crippen molar-refractivity contribution in [3.8, 4) is 0 Å². The lowest BCUT2D eigenvalue weighted by molar-refractivity contribution is 0.479. The summed E-state index contributed by atoms with van der Waals surface area (Å²) in [6.45, 7) is 4.52. The number of aromatic nitrogens is 1. The number of nitrogens with one attached hydrogen (secondary N) is 2. The molecule has 0 aromatic carbocycles. The fourth-order valence-corrected chi connectivity index (χ4v) is 3.05. The first-order valence-corrected chi connectivity index (χ1v) is 8.13. The van der Waals surface area contributed by atoms with Crippen LogP contribution in [-0.2, 0) is 10.0 Å². The van der Waals surface area contributed by atoms with Crippen LogP contribution in [0.5, 0.6) is 0 Å². The maximum Gasteiger partial charge on any atom is 0.242 e. The topological polar surface area (TPSA) is 71.1 Å². The number of anilines is 1. The van der Waals surface area contributed by atoms with Crippen molar-refractivity contribution in [2.75, 3.05) is 18.9 Å². The van der Waals surface area contributed by atoms with Gasteiger partial charge in [-0.3, -0.25) is 0 Å². The third-order valence-electron chi connectivity index (χ3n) is 3.08. The molecule has 5 nitrogen and oxygen atoms in total. The molecule has 0 aliphatic carbocycles. The summed E-state index contributed by atoms with van der Waals surface area (Å²) in [5.74, 6) is 0.801. The van der Waals surface area contributed by atoms with Crippen LogP contribution in [0.15, 0.2) is 17.2 Å². The molecule has 0 fully saturated rings. The van der Waals surface area contributed by atoms with Gasteiger partial charge in [-0.1, -0.05) is 38.3 Å². The van der Waals surface area contributed by atoms with E-state index >= 15 is 0 Å². The van der Waals surface area contributed by atoms with Crippen molar-refractivity contribution in [1.29, 1.82) is 0 Å². The van der Waals surface area contributed by atoms with Crippen molar-refractivity contribution in [3.63, 3.8) is 0 Å². The largest absolute Gasteiger partial charge is 0.372 e. The first kappa shape index (κ1) is 16.2. The van der Waals surface area contributed by atoms with Crippen molar-refractivity contribution in [2.45, 2.75) is 31.6 Å². The second-order valence-electron chi connectivity index (χ2n) is 4.29. The van der Waals surface area contributed by atoms with E-state index in [1.165, 1.54) is 12.3 Å². The SMILES string of the molecule is CCC(CC)CNS(=O)(=O)c1cnc(NC)c(Cl)c1. The van der Waals surface area contributed by atoms with E-state index in [0.29, 0.717) is 18.3 Å². The van der Waals surface area contributed by atoms with Crippen LogP contribution in [0, 0.1) is 5.92 Å². The molecule has 0 bridgehead atoms. The Morgan fingerprint density at radius 1 is 1.37 bits per heavy atom. The maximum atomic E-state index is 12.1. The van der Waals surface area contributed by atoms with E-state index in [9.17, 15) is 8.42 Å². The van der Waals surface area contributed by atoms with E-state index in [1.54, 1.807) is 7.05 Å². The van der Waals surface area contributed by atoms with E-state index in [-0.39, 0.29) is 9.92 Å². The number of halogens is 1. The van der Waals surface area contributed by atoms with E-state index in [4.69, 9.17) is 11.6 Å². The molecule has 1 aromatic heterocycles. The highest BCUT2D eigenvalue weighted by atomic mass is 35.5. The molecular formula is C12H20ClN3O2S. The van der Waals surface area contributed by atoms with Gasteiger partial charge in [-0.2, -0.15) is 0 Å². The van der Waals surface area contributed by atoms with E-state index < -0.39 is 10.0 Å². The van der Waals surface area contributed by atoms with Gasteiger partial charge in [0, 0.05) is 19.8 Å². The lowest BCUT2D eigenvalue weighted by Crippen LogP contribution is -2.29. The first-order valence-electron chi connectivity index (χ1n) is 6.27. The van der Waals surface area contributed by atoms with Gasteiger partial charge >= 0.3 is 0 Å². The summed E-state index contributed by atoms with van der Waals surface area (Å²) in [4.78, 5) is 4.05. The highest BCUT2D eigenvalue weighted by molar-refractivity contribution is 7.89. The van der Waals surface area contributed by atoms with Crippen molar-refractivity contribution < 1.29 is 8.42 Å². The Hall–Kier alpha value is -0.850. The molecular weight excluding hydrogens is 286 g/mol. The van der Waals surface area contributed by atoms with Crippen LogP contribution in [-0.4, -0.2) is 27.0 Å². The third kappa shape index (κ3) is 4.33. The van der Waals surface area contributed by atoms with Crippen LogP contribution < -0.4 is 10.0 Å². The van der Waals surface area contributed by atoms with Crippen LogP contribution in [0.1, 0.15) is 26.7 Å². The Morgan fingerprint density at radius 3 is 2.47 bits per heavy atom. The van der Waals surface area contributed by atoms with E-state index in [1.807, 2.05) is 13.8 Å². The summed E-state index contributed by atoms with van der Waals surface area (Å²) >= 11 is 5.94. The summed E-state index contributed by atoms with van der Waals surface area (Å²) in [5, 5.41) is 3.07. The molecule has 0 radical (unpaired) electrons. The van der Waals surface area contributed by atoms with Gasteiger partial charge in [0.05, 0.1) is 5.02 Å². The summed E-state index contributed by atoms with van der Waals surface area (Å²) < 4.78 is 26.8. The summed E-state index contributed by atoms with van der Waals surface area (Å²) in [6.07, 6.45) is 3.18. The average Bonchev–Trinajstić information content (AvgIpc) is 2.39. The predicted molar refractivity (Wildman–Crippen MR) is 78.1 cm³/mol. The summed E-state index contributed by atoms with van der Waals surface area (Å²) in [5.41, 5.74) is 0. The molecule has 0 spiro atoms. The molecule has 1 aromatic rings. The molecule has 2 N–H and O–H groups in total. The number of sulfonamides is 1. The second kappa shape index (κ2) is 7.07. The molecule has 1 heterocycles. The average molecular weight is 306 g/mol. The van der Waals surface area contributed by atoms with E-state index in [0.717, 1.165) is 12.8 Å². The van der Waals surface area contributed by atoms with Gasteiger partial charge in [0.1, 0.15) is 10.7 Å². The minimum Gasteiger partial charge on any atom is -0.372 e. The molecule has 0 saturated heterocycles. The van der Waals surface area contributed by atoms with Crippen LogP contribution in [0.4, 0.5) is 5.82 Å². The Morgan fingerprint density at radius 2 is 2.00 bits per heavy atom. The lowest BCUT2D eigenvalue weighted by atomic mass is 10.0. The minimum atomic E-state index is -3.55. The number of nitrogens with zero attached hydrogens (tertiary/aromatic N) is 1. The van der Waals surface area contributed by atoms with Gasteiger partial charge in [0.25, 0.3) is 0 Å². The number of pyridine rings is 1. The zero-order valence-corrected chi connectivity index (χ0v) is 13.0. The van der Waals surface area contributed by atoms with Gasteiger partial charge in [0.2, 0.25) is 10.0 Å². The highest BCUT2D eigenvalue weighted by Gasteiger charge is 2.17. The van der Waals surface area contributed by atoms with Gasteiger partial charge in [0.15, 0.2) is 0 Å². The molecule has 0 aliphatic rings. The van der Waals surface area contributed by atoms with Crippen LogP contribution in [0.3, 0.4) is 0 Å². The fourth-order valence-electron chi connectivity index (χ4n) is 1.64. The Labute approximate surface area is 119 Å². The van der Waals surface area contributed by atoms with E-state index in [2.05, 4.69) is 15.0 Å². The van der Waals surface area contributed by atoms with Crippen molar-refractivity contribution >= 4 is 27.4 Å². The monoisotopic (exact) mass is 305 g/mol. The molecule has 0 aliphatic heterocycles. The fraction of sp³-hybridized carbons (Fsp3) is 0.583. The zero-order chi connectivity index (χ0) is 14.5. The van der Waals surface area contributed by atoms with Gasteiger partial charge in [-0.15, -0.1) is 0 Å². The van der Waals surface area contributed by atoms with Crippen LogP contribution in [0.2, 0.25) is 5.02 Å². The van der Waals surface area contributed by atoms with Crippen molar-refractivity contribution in [2.24, 2.45) is 5.92 Å². The minimum absolute atomic E-state index is 0.0856. The molecule has 108 valence electrons. The standard InChI is InChI=1S/C12H20ClN3O2S/c1-4-9(5-2)7-16-19(17,18)10-6-11(13)12(14-3)15-8-10/h6,8-9,16H,4-5,7H2,1-3H3,(H,14,15). The van der Waals surface area contributed by atoms with Crippen molar-refractivity contribution in [1.82, 2.24) is 9.71 Å². The Kier molecular flexibility index (Phi) is 6.03. The Bertz CT molecular complexity index is 516. The Balaban J connectivity index is 2.85. The van der Waals surface area contributed by atoms with Crippen LogP contribution >= 0.6 is 11.6 Å². The third-order valence-corrected chi connectivity index (χ3v) is 4.76. The number of rotatable bonds is 7. The maximum absolute atomic E-state index is 12.1. The zero-order valence-electron chi connectivity index (χ0n) is 11.4. The molecule has 7 heteroatoms. The molecule has 19 heavy (non-hydrogen) atoms. The quantitative estimate of drug-likeness (QED) is 0.812. The van der Waals surface area contributed by atoms with Crippen LogP contribution in [0.25, 0.3) is 0 Å². The number of hydrogen-bond donors (Lipinski definition) is 2. The van der Waals surface area contributed by atoms with Crippen molar-refractivity contribution in [3.05, 3.63) is 17.3 Å². The van der Waals surface area contributed by atoms with Gasteiger partial charge in [-0.25, -0.2) is 18.1 Å². The van der Waals surface area contributed by atoms with Gasteiger partial charge < -0.3 is 5.32 Å². The first-order chi connectivity index (χ1) is 8.94. The lowest BCUT2D eigenvalue weighted by Gasteiger charge is -2.14. The summed E-state index contributed by atoms with van der Waals surface area (Å²) in [7, 11) is -1.87. The molecule has 0 unspecified atom stereocenters. The summed E-state index contributed by atoms with van der Waals surface area (Å²) in [6, 6.07) is 1.40. The van der Waals surface area contributed by atoms with Gasteiger partial charge in [-0.05, 0) is 12.0 Å². The highest BCUT2D eigenvalue weighted by Crippen LogP contribution is 2.22. The second-order valence-corrected chi connectivity index (χ2v) is 6.46. The molecule has 0 saturated carbocycles. The molecule has 0 amide bonds. The smallest absolute Gasteiger partial charge is 0.242 e.